The Morgan fingerprint density at radius 2 is 1.67 bits per heavy atom. The smallest absolute Gasteiger partial charge is 0.0602 e. The van der Waals surface area contributed by atoms with Crippen LogP contribution in [-0.2, 0) is 0 Å². The predicted octanol–water partition coefficient (Wildman–Crippen LogP) is 2.95. The number of hydrogen-bond donors (Lipinski definition) is 1. The fourth-order valence-electron chi connectivity index (χ4n) is 1.45. The van der Waals surface area contributed by atoms with Gasteiger partial charge in [0.05, 0.1) is 11.4 Å². The molecule has 1 heterocycles. The molecule has 0 aliphatic carbocycles. The van der Waals surface area contributed by atoms with Gasteiger partial charge in [0, 0.05) is 11.8 Å². The average Bonchev–Trinajstić information content (AvgIpc) is 2.23. The molecule has 2 N–H and O–H groups in total. The topological polar surface area (TPSA) is 38.9 Å². The van der Waals surface area contributed by atoms with Crippen molar-refractivity contribution >= 4 is 5.69 Å². The lowest BCUT2D eigenvalue weighted by atomic mass is 10.1. The minimum atomic E-state index is 0.744. The van der Waals surface area contributed by atoms with E-state index in [0.29, 0.717) is 0 Å². The van der Waals surface area contributed by atoms with Crippen LogP contribution in [0.2, 0.25) is 0 Å². The summed E-state index contributed by atoms with van der Waals surface area (Å²) in [5, 5.41) is 0. The van der Waals surface area contributed by atoms with Crippen LogP contribution in [0.4, 0.5) is 5.69 Å². The zero-order chi connectivity index (χ0) is 10.8. The molecule has 1 aromatic carbocycles. The molecule has 0 fully saturated rings. The summed E-state index contributed by atoms with van der Waals surface area (Å²) >= 11 is 0. The first-order valence-electron chi connectivity index (χ1n) is 4.96. The van der Waals surface area contributed by atoms with Crippen LogP contribution in [0.3, 0.4) is 0 Å². The SMILES string of the molecule is Cc1ccc(-c2cnc(C)c(N)c2)cc1. The average molecular weight is 198 g/mol. The molecule has 15 heavy (non-hydrogen) atoms. The molecule has 0 aliphatic rings. The maximum atomic E-state index is 5.83. The van der Waals surface area contributed by atoms with Gasteiger partial charge in [-0.15, -0.1) is 0 Å². The van der Waals surface area contributed by atoms with E-state index >= 15 is 0 Å². The second-order valence-electron chi connectivity index (χ2n) is 3.76. The van der Waals surface area contributed by atoms with E-state index in [1.807, 2.05) is 19.2 Å². The molecular weight excluding hydrogens is 184 g/mol. The first kappa shape index (κ1) is 9.71. The summed E-state index contributed by atoms with van der Waals surface area (Å²) in [5.41, 5.74) is 10.9. The van der Waals surface area contributed by atoms with Gasteiger partial charge in [-0.3, -0.25) is 4.98 Å². The highest BCUT2D eigenvalue weighted by atomic mass is 14.7. The number of rotatable bonds is 1. The van der Waals surface area contributed by atoms with Gasteiger partial charge in [-0.05, 0) is 25.5 Å². The van der Waals surface area contributed by atoms with E-state index in [9.17, 15) is 0 Å². The van der Waals surface area contributed by atoms with Crippen LogP contribution in [0.1, 0.15) is 11.3 Å². The van der Waals surface area contributed by atoms with Crippen molar-refractivity contribution in [3.8, 4) is 11.1 Å². The fraction of sp³-hybridized carbons (Fsp3) is 0.154. The van der Waals surface area contributed by atoms with Crippen molar-refractivity contribution in [1.82, 2.24) is 4.98 Å². The van der Waals surface area contributed by atoms with E-state index in [1.54, 1.807) is 0 Å². The summed E-state index contributed by atoms with van der Waals surface area (Å²) in [7, 11) is 0. The normalized spacial score (nSPS) is 10.3. The molecule has 0 aliphatic heterocycles. The lowest BCUT2D eigenvalue weighted by molar-refractivity contribution is 1.21. The summed E-state index contributed by atoms with van der Waals surface area (Å²) in [5.74, 6) is 0. The van der Waals surface area contributed by atoms with Crippen LogP contribution in [0.5, 0.6) is 0 Å². The zero-order valence-corrected chi connectivity index (χ0v) is 8.99. The van der Waals surface area contributed by atoms with E-state index in [4.69, 9.17) is 5.73 Å². The molecular formula is C13H14N2. The minimum absolute atomic E-state index is 0.744. The summed E-state index contributed by atoms with van der Waals surface area (Å²) in [6.07, 6.45) is 1.86. The van der Waals surface area contributed by atoms with Gasteiger partial charge in [0.25, 0.3) is 0 Å². The van der Waals surface area contributed by atoms with Gasteiger partial charge in [-0.1, -0.05) is 29.8 Å². The van der Waals surface area contributed by atoms with Crippen LogP contribution in [0, 0.1) is 13.8 Å². The molecule has 0 radical (unpaired) electrons. The Morgan fingerprint density at radius 1 is 1.00 bits per heavy atom. The molecule has 2 aromatic rings. The number of hydrogen-bond acceptors (Lipinski definition) is 2. The largest absolute Gasteiger partial charge is 0.397 e. The monoisotopic (exact) mass is 198 g/mol. The third kappa shape index (κ3) is 1.99. The van der Waals surface area contributed by atoms with E-state index in [1.165, 1.54) is 5.56 Å². The van der Waals surface area contributed by atoms with E-state index in [-0.39, 0.29) is 0 Å². The van der Waals surface area contributed by atoms with Crippen LogP contribution in [0.25, 0.3) is 11.1 Å². The Bertz CT molecular complexity index is 472. The predicted molar refractivity (Wildman–Crippen MR) is 63.6 cm³/mol. The number of nitrogens with zero attached hydrogens (tertiary/aromatic N) is 1. The Hall–Kier alpha value is -1.83. The van der Waals surface area contributed by atoms with Gasteiger partial charge >= 0.3 is 0 Å². The van der Waals surface area contributed by atoms with Crippen LogP contribution < -0.4 is 5.73 Å². The lowest BCUT2D eigenvalue weighted by Gasteiger charge is -2.04. The molecule has 0 bridgehead atoms. The van der Waals surface area contributed by atoms with Crippen molar-refractivity contribution in [2.24, 2.45) is 0 Å². The summed E-state index contributed by atoms with van der Waals surface area (Å²) < 4.78 is 0. The third-order valence-electron chi connectivity index (χ3n) is 2.51. The molecule has 1 aromatic heterocycles. The summed E-state index contributed by atoms with van der Waals surface area (Å²) in [6.45, 7) is 3.99. The molecule has 0 amide bonds. The highest BCUT2D eigenvalue weighted by molar-refractivity contribution is 5.67. The number of aromatic nitrogens is 1. The van der Waals surface area contributed by atoms with Gasteiger partial charge in [-0.2, -0.15) is 0 Å². The molecule has 0 unspecified atom stereocenters. The second-order valence-corrected chi connectivity index (χ2v) is 3.76. The number of aryl methyl sites for hydroxylation is 2. The molecule has 2 rings (SSSR count). The first-order valence-corrected chi connectivity index (χ1v) is 4.96. The van der Waals surface area contributed by atoms with Gasteiger partial charge in [0.15, 0.2) is 0 Å². The van der Waals surface area contributed by atoms with Crippen molar-refractivity contribution in [2.45, 2.75) is 13.8 Å². The van der Waals surface area contributed by atoms with Crippen LogP contribution >= 0.6 is 0 Å². The van der Waals surface area contributed by atoms with Crippen molar-refractivity contribution in [2.75, 3.05) is 5.73 Å². The number of nitrogen functional groups attached to an aromatic ring is 1. The highest BCUT2D eigenvalue weighted by Crippen LogP contribution is 2.22. The zero-order valence-electron chi connectivity index (χ0n) is 8.99. The quantitative estimate of drug-likeness (QED) is 0.765. The first-order chi connectivity index (χ1) is 7.16. The molecule has 0 saturated heterocycles. The summed E-state index contributed by atoms with van der Waals surface area (Å²) in [4.78, 5) is 4.25. The van der Waals surface area contributed by atoms with Crippen LogP contribution in [0.15, 0.2) is 36.5 Å². The molecule has 0 saturated carbocycles. The highest BCUT2D eigenvalue weighted by Gasteiger charge is 2.00. The van der Waals surface area contributed by atoms with Gasteiger partial charge in [-0.25, -0.2) is 0 Å². The van der Waals surface area contributed by atoms with E-state index in [0.717, 1.165) is 22.5 Å². The van der Waals surface area contributed by atoms with Crippen molar-refractivity contribution in [1.29, 1.82) is 0 Å². The molecule has 76 valence electrons. The van der Waals surface area contributed by atoms with E-state index in [2.05, 4.69) is 36.2 Å². The third-order valence-corrected chi connectivity index (χ3v) is 2.51. The Kier molecular flexibility index (Phi) is 2.42. The van der Waals surface area contributed by atoms with E-state index < -0.39 is 0 Å². The second kappa shape index (κ2) is 3.73. The number of nitrogens with two attached hydrogens (primary N) is 1. The maximum Gasteiger partial charge on any atom is 0.0602 e. The van der Waals surface area contributed by atoms with Crippen LogP contribution in [-0.4, -0.2) is 4.98 Å². The number of anilines is 1. The van der Waals surface area contributed by atoms with Gasteiger partial charge in [0.1, 0.15) is 0 Å². The Morgan fingerprint density at radius 3 is 2.27 bits per heavy atom. The molecule has 2 nitrogen and oxygen atoms in total. The maximum absolute atomic E-state index is 5.83. The van der Waals surface area contributed by atoms with Crippen molar-refractivity contribution < 1.29 is 0 Å². The molecule has 2 heteroatoms. The number of pyridine rings is 1. The lowest BCUT2D eigenvalue weighted by Crippen LogP contribution is -1.93. The molecule has 0 spiro atoms. The summed E-state index contributed by atoms with van der Waals surface area (Å²) in [6, 6.07) is 10.3. The number of benzene rings is 1. The van der Waals surface area contributed by atoms with Crippen molar-refractivity contribution in [3.63, 3.8) is 0 Å². The van der Waals surface area contributed by atoms with Crippen molar-refractivity contribution in [3.05, 3.63) is 47.8 Å². The Balaban J connectivity index is 2.45. The Labute approximate surface area is 89.8 Å². The standard InChI is InChI=1S/C13H14N2/c1-9-3-5-11(6-4-9)12-7-13(14)10(2)15-8-12/h3-8H,14H2,1-2H3. The molecule has 0 atom stereocenters. The van der Waals surface area contributed by atoms with Gasteiger partial charge in [0.2, 0.25) is 0 Å². The van der Waals surface area contributed by atoms with Gasteiger partial charge < -0.3 is 5.73 Å². The fourth-order valence-corrected chi connectivity index (χ4v) is 1.45. The minimum Gasteiger partial charge on any atom is -0.397 e.